The molecule has 1 aliphatic heterocycles. The lowest BCUT2D eigenvalue weighted by Crippen LogP contribution is -2.14. The first-order valence-electron chi connectivity index (χ1n) is 6.92. The lowest BCUT2D eigenvalue weighted by molar-refractivity contribution is 0.174. The van der Waals surface area contributed by atoms with Gasteiger partial charge in [0.1, 0.15) is 30.2 Å². The molecule has 1 aliphatic rings. The number of nitrogens with zero attached hydrogens (tertiary/aromatic N) is 3. The van der Waals surface area contributed by atoms with Crippen molar-refractivity contribution in [3.8, 4) is 22.2 Å². The van der Waals surface area contributed by atoms with E-state index in [1.807, 2.05) is 5.38 Å². The van der Waals surface area contributed by atoms with Gasteiger partial charge in [0.25, 0.3) is 0 Å². The van der Waals surface area contributed by atoms with E-state index in [1.54, 1.807) is 16.8 Å². The monoisotopic (exact) mass is 351 g/mol. The fraction of sp³-hybridized carbons (Fsp3) is 0.200. The van der Waals surface area contributed by atoms with E-state index in [4.69, 9.17) is 21.1 Å². The molecule has 0 atom stereocenters. The molecule has 0 spiro atoms. The summed E-state index contributed by atoms with van der Waals surface area (Å²) in [5.74, 6) is 1.60. The van der Waals surface area contributed by atoms with Crippen LogP contribution in [-0.4, -0.2) is 28.0 Å². The van der Waals surface area contributed by atoms with E-state index < -0.39 is 0 Å². The molecule has 0 saturated carbocycles. The summed E-state index contributed by atoms with van der Waals surface area (Å²) in [6.07, 6.45) is 1.43. The highest BCUT2D eigenvalue weighted by Crippen LogP contribution is 2.44. The highest BCUT2D eigenvalue weighted by atomic mass is 35.5. The van der Waals surface area contributed by atoms with Gasteiger partial charge >= 0.3 is 0 Å². The third-order valence-electron chi connectivity index (χ3n) is 3.49. The molecule has 0 fully saturated rings. The van der Waals surface area contributed by atoms with E-state index in [9.17, 15) is 4.39 Å². The van der Waals surface area contributed by atoms with Crippen molar-refractivity contribution in [2.45, 2.75) is 6.54 Å². The molecule has 1 aromatic carbocycles. The van der Waals surface area contributed by atoms with Crippen LogP contribution in [0.2, 0.25) is 5.02 Å². The van der Waals surface area contributed by atoms with Crippen LogP contribution < -0.4 is 9.47 Å². The number of aromatic nitrogens is 3. The number of hydrogen-bond acceptors (Lipinski definition) is 5. The van der Waals surface area contributed by atoms with Gasteiger partial charge in [-0.3, -0.25) is 0 Å². The number of ether oxygens (including phenoxy) is 2. The van der Waals surface area contributed by atoms with Crippen molar-refractivity contribution in [2.75, 3.05) is 13.2 Å². The third kappa shape index (κ3) is 2.55. The summed E-state index contributed by atoms with van der Waals surface area (Å²) in [7, 11) is 0. The normalized spacial score (nSPS) is 13.3. The Balaban J connectivity index is 1.73. The van der Waals surface area contributed by atoms with Gasteiger partial charge in [-0.1, -0.05) is 17.7 Å². The topological polar surface area (TPSA) is 49.2 Å². The molecule has 0 saturated heterocycles. The largest absolute Gasteiger partial charge is 0.485 e. The van der Waals surface area contributed by atoms with Gasteiger partial charge in [0.15, 0.2) is 17.3 Å². The highest BCUT2D eigenvalue weighted by Gasteiger charge is 2.23. The van der Waals surface area contributed by atoms with Gasteiger partial charge in [0, 0.05) is 16.0 Å². The number of halogens is 2. The second-order valence-electron chi connectivity index (χ2n) is 4.90. The molecule has 0 aliphatic carbocycles. The number of rotatable bonds is 3. The molecular weight excluding hydrogens is 341 g/mol. The maximum Gasteiger partial charge on any atom is 0.183 e. The summed E-state index contributed by atoms with van der Waals surface area (Å²) in [5, 5.41) is 6.42. The Kier molecular flexibility index (Phi) is 3.66. The Morgan fingerprint density at radius 1 is 1.30 bits per heavy atom. The number of benzene rings is 1. The van der Waals surface area contributed by atoms with Crippen LogP contribution in [0.1, 0.15) is 5.56 Å². The summed E-state index contributed by atoms with van der Waals surface area (Å²) in [5.41, 5.74) is 0.378. The van der Waals surface area contributed by atoms with Crippen molar-refractivity contribution < 1.29 is 13.9 Å². The van der Waals surface area contributed by atoms with Crippen LogP contribution >= 0.6 is 22.9 Å². The maximum atomic E-state index is 14.0. The summed E-state index contributed by atoms with van der Waals surface area (Å²) in [6.45, 7) is 1.21. The zero-order valence-corrected chi connectivity index (χ0v) is 13.4. The molecule has 0 radical (unpaired) electrons. The smallest absolute Gasteiger partial charge is 0.183 e. The molecule has 0 bridgehead atoms. The predicted molar refractivity (Wildman–Crippen MR) is 84.8 cm³/mol. The van der Waals surface area contributed by atoms with Crippen molar-refractivity contribution in [1.29, 1.82) is 0 Å². The molecule has 5 nitrogen and oxygen atoms in total. The Morgan fingerprint density at radius 2 is 2.17 bits per heavy atom. The first-order valence-corrected chi connectivity index (χ1v) is 8.18. The van der Waals surface area contributed by atoms with Crippen LogP contribution in [0, 0.1) is 5.82 Å². The van der Waals surface area contributed by atoms with Crippen LogP contribution in [0.4, 0.5) is 4.39 Å². The van der Waals surface area contributed by atoms with E-state index in [-0.39, 0.29) is 12.4 Å². The zero-order chi connectivity index (χ0) is 15.8. The van der Waals surface area contributed by atoms with Crippen molar-refractivity contribution in [3.05, 3.63) is 46.3 Å². The van der Waals surface area contributed by atoms with Gasteiger partial charge in [-0.2, -0.15) is 5.10 Å². The quantitative estimate of drug-likeness (QED) is 0.723. The van der Waals surface area contributed by atoms with Gasteiger partial charge < -0.3 is 9.47 Å². The summed E-state index contributed by atoms with van der Waals surface area (Å²) in [4.78, 5) is 5.09. The van der Waals surface area contributed by atoms with E-state index >= 15 is 0 Å². The Bertz CT molecular complexity index is 844. The van der Waals surface area contributed by atoms with E-state index in [0.29, 0.717) is 41.1 Å². The molecule has 2 aromatic heterocycles. The van der Waals surface area contributed by atoms with Crippen molar-refractivity contribution in [1.82, 2.24) is 14.8 Å². The van der Waals surface area contributed by atoms with Crippen LogP contribution in [0.5, 0.6) is 11.5 Å². The van der Waals surface area contributed by atoms with Crippen molar-refractivity contribution >= 4 is 22.9 Å². The van der Waals surface area contributed by atoms with Crippen LogP contribution in [-0.2, 0) is 6.54 Å². The minimum absolute atomic E-state index is 0.189. The minimum atomic E-state index is -0.369. The first kappa shape index (κ1) is 14.5. The van der Waals surface area contributed by atoms with Gasteiger partial charge in [-0.15, -0.1) is 11.3 Å². The number of thiophene rings is 1. The maximum absolute atomic E-state index is 14.0. The minimum Gasteiger partial charge on any atom is -0.485 e. The second-order valence-corrected chi connectivity index (χ2v) is 6.18. The van der Waals surface area contributed by atoms with Gasteiger partial charge in [0.2, 0.25) is 0 Å². The van der Waals surface area contributed by atoms with Crippen molar-refractivity contribution in [3.63, 3.8) is 0 Å². The summed E-state index contributed by atoms with van der Waals surface area (Å²) < 4.78 is 26.8. The summed E-state index contributed by atoms with van der Waals surface area (Å²) in [6, 6.07) is 4.60. The Labute approximate surface area is 140 Å². The molecule has 23 heavy (non-hydrogen) atoms. The van der Waals surface area contributed by atoms with E-state index in [2.05, 4.69) is 10.1 Å². The fourth-order valence-electron chi connectivity index (χ4n) is 2.41. The molecule has 118 valence electrons. The molecule has 4 rings (SSSR count). The number of fused-ring (bicyclic) bond motifs is 1. The fourth-order valence-corrected chi connectivity index (χ4v) is 3.56. The van der Waals surface area contributed by atoms with Gasteiger partial charge in [0.05, 0.1) is 6.54 Å². The third-order valence-corrected chi connectivity index (χ3v) is 4.78. The molecule has 0 unspecified atom stereocenters. The average Bonchev–Trinajstić information content (AvgIpc) is 3.17. The Morgan fingerprint density at radius 3 is 3.04 bits per heavy atom. The Hall–Kier alpha value is -2.12. The first-order chi connectivity index (χ1) is 11.2. The SMILES string of the molecule is Fc1cccc(Cl)c1Cn1ncnc1-c1scc2c1OCCO2. The van der Waals surface area contributed by atoms with Crippen molar-refractivity contribution in [2.24, 2.45) is 0 Å². The van der Waals surface area contributed by atoms with Crippen LogP contribution in [0.15, 0.2) is 29.9 Å². The second kappa shape index (κ2) is 5.82. The highest BCUT2D eigenvalue weighted by molar-refractivity contribution is 7.14. The van der Waals surface area contributed by atoms with Crippen LogP contribution in [0.3, 0.4) is 0 Å². The van der Waals surface area contributed by atoms with E-state index in [0.717, 1.165) is 4.88 Å². The van der Waals surface area contributed by atoms with Gasteiger partial charge in [-0.05, 0) is 12.1 Å². The molecule has 3 aromatic rings. The lowest BCUT2D eigenvalue weighted by atomic mass is 10.2. The molecule has 3 heterocycles. The van der Waals surface area contributed by atoms with E-state index in [1.165, 1.54) is 23.7 Å². The average molecular weight is 352 g/mol. The molecule has 8 heteroatoms. The van der Waals surface area contributed by atoms with Gasteiger partial charge in [-0.25, -0.2) is 14.1 Å². The lowest BCUT2D eigenvalue weighted by Gasteiger charge is -2.16. The number of hydrogen-bond donors (Lipinski definition) is 0. The molecule has 0 N–H and O–H groups in total. The zero-order valence-electron chi connectivity index (χ0n) is 11.8. The summed E-state index contributed by atoms with van der Waals surface area (Å²) >= 11 is 7.55. The standard InChI is InChI=1S/C15H11ClFN3O2S/c16-10-2-1-3-11(17)9(10)6-20-15(18-8-19-20)14-13-12(7-23-14)21-4-5-22-13/h1-3,7-8H,4-6H2. The van der Waals surface area contributed by atoms with Crippen LogP contribution in [0.25, 0.3) is 10.7 Å². The molecular formula is C15H11ClFN3O2S. The molecule has 0 amide bonds. The predicted octanol–water partition coefficient (Wildman–Crippen LogP) is 3.62.